The quantitative estimate of drug-likeness (QED) is 0.518. The minimum absolute atomic E-state index is 0.0937. The van der Waals surface area contributed by atoms with Crippen molar-refractivity contribution in [2.75, 3.05) is 6.54 Å². The number of benzene rings is 2. The van der Waals surface area contributed by atoms with E-state index in [9.17, 15) is 8.78 Å². The van der Waals surface area contributed by atoms with Gasteiger partial charge < -0.3 is 4.98 Å². The van der Waals surface area contributed by atoms with Crippen LogP contribution in [0.4, 0.5) is 8.78 Å². The third kappa shape index (κ3) is 3.51. The molecule has 0 spiro atoms. The summed E-state index contributed by atoms with van der Waals surface area (Å²) < 4.78 is 27.3. The minimum Gasteiger partial charge on any atom is -0.341 e. The van der Waals surface area contributed by atoms with Crippen molar-refractivity contribution in [2.24, 2.45) is 0 Å². The van der Waals surface area contributed by atoms with Crippen molar-refractivity contribution in [3.05, 3.63) is 83.9 Å². The fourth-order valence-electron chi connectivity index (χ4n) is 4.10. The van der Waals surface area contributed by atoms with E-state index in [2.05, 4.69) is 27.0 Å². The molecule has 3 heterocycles. The van der Waals surface area contributed by atoms with Crippen LogP contribution < -0.4 is 0 Å². The molecule has 146 valence electrons. The predicted molar refractivity (Wildman–Crippen MR) is 108 cm³/mol. The van der Waals surface area contributed by atoms with E-state index in [1.54, 1.807) is 12.4 Å². The molecule has 1 fully saturated rings. The van der Waals surface area contributed by atoms with Gasteiger partial charge in [-0.3, -0.25) is 9.88 Å². The number of fused-ring (bicyclic) bond motifs is 1. The number of aromatic amines is 1. The highest BCUT2D eigenvalue weighted by Crippen LogP contribution is 2.33. The van der Waals surface area contributed by atoms with Crippen LogP contribution in [0.25, 0.3) is 22.2 Å². The molecule has 2 aromatic heterocycles. The Morgan fingerprint density at radius 3 is 2.69 bits per heavy atom. The Balaban J connectivity index is 1.43. The molecule has 0 aliphatic carbocycles. The molecule has 0 unspecified atom stereocenters. The molecule has 4 nitrogen and oxygen atoms in total. The second-order valence-corrected chi connectivity index (χ2v) is 7.45. The molecule has 6 heteroatoms. The van der Waals surface area contributed by atoms with Crippen molar-refractivity contribution >= 4 is 11.0 Å². The smallest absolute Gasteiger partial charge is 0.130 e. The van der Waals surface area contributed by atoms with Crippen molar-refractivity contribution in [1.82, 2.24) is 19.9 Å². The number of rotatable bonds is 4. The summed E-state index contributed by atoms with van der Waals surface area (Å²) in [7, 11) is 0. The molecule has 1 aliphatic rings. The third-order valence-electron chi connectivity index (χ3n) is 5.58. The van der Waals surface area contributed by atoms with Crippen LogP contribution in [0.2, 0.25) is 0 Å². The van der Waals surface area contributed by atoms with Gasteiger partial charge in [-0.25, -0.2) is 13.8 Å². The van der Waals surface area contributed by atoms with Gasteiger partial charge in [0, 0.05) is 30.6 Å². The second-order valence-electron chi connectivity index (χ2n) is 7.45. The lowest BCUT2D eigenvalue weighted by Gasteiger charge is -2.23. The van der Waals surface area contributed by atoms with E-state index >= 15 is 0 Å². The molecule has 1 N–H and O–H groups in total. The summed E-state index contributed by atoms with van der Waals surface area (Å²) in [6, 6.07) is 14.0. The van der Waals surface area contributed by atoms with Gasteiger partial charge in [-0.1, -0.05) is 12.1 Å². The summed E-state index contributed by atoms with van der Waals surface area (Å²) >= 11 is 0. The lowest BCUT2D eigenvalue weighted by Crippen LogP contribution is -2.24. The molecule has 0 radical (unpaired) electrons. The van der Waals surface area contributed by atoms with E-state index in [-0.39, 0.29) is 6.04 Å². The predicted octanol–water partition coefficient (Wildman–Crippen LogP) is 5.24. The van der Waals surface area contributed by atoms with Crippen molar-refractivity contribution in [3.8, 4) is 11.1 Å². The van der Waals surface area contributed by atoms with Gasteiger partial charge in [-0.2, -0.15) is 0 Å². The van der Waals surface area contributed by atoms with Crippen molar-refractivity contribution in [1.29, 1.82) is 0 Å². The number of likely N-dealkylation sites (tertiary alicyclic amines) is 1. The van der Waals surface area contributed by atoms with Crippen LogP contribution in [0.5, 0.6) is 0 Å². The molecule has 0 saturated carbocycles. The molecule has 1 aliphatic heterocycles. The van der Waals surface area contributed by atoms with Crippen LogP contribution in [0.1, 0.15) is 30.3 Å². The first kappa shape index (κ1) is 17.9. The molecule has 5 rings (SSSR count). The highest BCUT2D eigenvalue weighted by Gasteiger charge is 2.29. The first-order valence-electron chi connectivity index (χ1n) is 9.75. The molecule has 0 bridgehead atoms. The van der Waals surface area contributed by atoms with Crippen LogP contribution in [-0.4, -0.2) is 26.4 Å². The SMILES string of the molecule is Fc1ccc(CN2CCC[C@H]2c2nc3ccc(-c4ccncc4)cc3[nH]2)c(F)c1. The zero-order valence-electron chi connectivity index (χ0n) is 15.8. The van der Waals surface area contributed by atoms with Crippen molar-refractivity contribution < 1.29 is 8.78 Å². The highest BCUT2D eigenvalue weighted by molar-refractivity contribution is 5.82. The normalized spacial score (nSPS) is 17.2. The van der Waals surface area contributed by atoms with Crippen LogP contribution in [-0.2, 0) is 6.54 Å². The Labute approximate surface area is 167 Å². The third-order valence-corrected chi connectivity index (χ3v) is 5.58. The highest BCUT2D eigenvalue weighted by atomic mass is 19.1. The van der Waals surface area contributed by atoms with Gasteiger partial charge in [-0.15, -0.1) is 0 Å². The van der Waals surface area contributed by atoms with Gasteiger partial charge in [-0.05, 0) is 60.8 Å². The van der Waals surface area contributed by atoms with Gasteiger partial charge in [0.1, 0.15) is 17.5 Å². The minimum atomic E-state index is -0.550. The Kier molecular flexibility index (Phi) is 4.56. The summed E-state index contributed by atoms with van der Waals surface area (Å²) in [5, 5.41) is 0. The maximum Gasteiger partial charge on any atom is 0.130 e. The maximum absolute atomic E-state index is 14.1. The number of H-pyrrole nitrogens is 1. The van der Waals surface area contributed by atoms with Gasteiger partial charge in [0.05, 0.1) is 17.1 Å². The molecule has 0 amide bonds. The number of aromatic nitrogens is 3. The van der Waals surface area contributed by atoms with Crippen molar-refractivity contribution in [3.63, 3.8) is 0 Å². The summed E-state index contributed by atoms with van der Waals surface area (Å²) in [5.41, 5.74) is 4.61. The summed E-state index contributed by atoms with van der Waals surface area (Å²) in [6.45, 7) is 1.30. The molecule has 2 aromatic carbocycles. The lowest BCUT2D eigenvalue weighted by atomic mass is 10.1. The van der Waals surface area contributed by atoms with Crippen molar-refractivity contribution in [2.45, 2.75) is 25.4 Å². The lowest BCUT2D eigenvalue weighted by molar-refractivity contribution is 0.238. The van der Waals surface area contributed by atoms with Gasteiger partial charge in [0.25, 0.3) is 0 Å². The number of nitrogens with zero attached hydrogens (tertiary/aromatic N) is 3. The number of pyridine rings is 1. The number of nitrogens with one attached hydrogen (secondary N) is 1. The van der Waals surface area contributed by atoms with E-state index < -0.39 is 11.6 Å². The number of halogens is 2. The number of hydrogen-bond acceptors (Lipinski definition) is 3. The van der Waals surface area contributed by atoms with E-state index in [0.717, 1.165) is 53.4 Å². The fraction of sp³-hybridized carbons (Fsp3) is 0.217. The molecular weight excluding hydrogens is 370 g/mol. The molecule has 1 atom stereocenters. The summed E-state index contributed by atoms with van der Waals surface area (Å²) in [4.78, 5) is 14.5. The largest absolute Gasteiger partial charge is 0.341 e. The van der Waals surface area contributed by atoms with Crippen LogP contribution in [0, 0.1) is 11.6 Å². The average Bonchev–Trinajstić information content (AvgIpc) is 3.36. The second kappa shape index (κ2) is 7.37. The standard InChI is InChI=1S/C23H20F2N4/c24-18-5-3-17(19(25)13-18)14-29-11-1-2-22(29)23-27-20-6-4-16(12-21(20)28-23)15-7-9-26-10-8-15/h3-10,12-13,22H,1-2,11,14H2,(H,27,28)/t22-/m0/s1. The summed E-state index contributed by atoms with van der Waals surface area (Å²) in [5.74, 6) is -0.152. The van der Waals surface area contributed by atoms with Gasteiger partial charge >= 0.3 is 0 Å². The zero-order chi connectivity index (χ0) is 19.8. The Bertz CT molecular complexity index is 1160. The Hall–Kier alpha value is -3.12. The van der Waals surface area contributed by atoms with E-state index in [0.29, 0.717) is 12.1 Å². The van der Waals surface area contributed by atoms with Crippen LogP contribution in [0.15, 0.2) is 60.9 Å². The monoisotopic (exact) mass is 390 g/mol. The molecule has 4 aromatic rings. The number of hydrogen-bond donors (Lipinski definition) is 1. The summed E-state index contributed by atoms with van der Waals surface area (Å²) in [6.07, 6.45) is 5.54. The zero-order valence-corrected chi connectivity index (χ0v) is 15.8. The first-order valence-corrected chi connectivity index (χ1v) is 9.75. The van der Waals surface area contributed by atoms with Gasteiger partial charge in [0.2, 0.25) is 0 Å². The number of imidazole rings is 1. The topological polar surface area (TPSA) is 44.8 Å². The van der Waals surface area contributed by atoms with Crippen LogP contribution in [0.3, 0.4) is 0 Å². The van der Waals surface area contributed by atoms with E-state index in [1.807, 2.05) is 18.2 Å². The van der Waals surface area contributed by atoms with E-state index in [1.165, 1.54) is 12.1 Å². The molecule has 29 heavy (non-hydrogen) atoms. The molecule has 1 saturated heterocycles. The average molecular weight is 390 g/mol. The first-order chi connectivity index (χ1) is 14.2. The van der Waals surface area contributed by atoms with E-state index in [4.69, 9.17) is 4.98 Å². The van der Waals surface area contributed by atoms with Gasteiger partial charge in [0.15, 0.2) is 0 Å². The van der Waals surface area contributed by atoms with Crippen LogP contribution >= 0.6 is 0 Å². The maximum atomic E-state index is 14.1. The Morgan fingerprint density at radius 1 is 1.00 bits per heavy atom. The molecular formula is C23H20F2N4. The fourth-order valence-corrected chi connectivity index (χ4v) is 4.10. The Morgan fingerprint density at radius 2 is 1.86 bits per heavy atom.